The lowest BCUT2D eigenvalue weighted by atomic mass is 10.2. The molecule has 1 heterocycles. The number of amides is 2. The summed E-state index contributed by atoms with van der Waals surface area (Å²) in [6.45, 7) is 7.69. The topological polar surface area (TPSA) is 88.5 Å². The Morgan fingerprint density at radius 2 is 1.70 bits per heavy atom. The SMILES string of the molecule is CC(C)N(C(=O)Cn1cc(S(=O)(=O)CC(=O)Nc2cccc(F)c2)c2ccccc21)C(C)C. The van der Waals surface area contributed by atoms with Crippen molar-refractivity contribution in [2.75, 3.05) is 11.1 Å². The van der Waals surface area contributed by atoms with E-state index in [0.717, 1.165) is 6.07 Å². The predicted molar refractivity (Wildman–Crippen MR) is 126 cm³/mol. The number of sulfone groups is 1. The second kappa shape index (κ2) is 9.74. The molecule has 3 rings (SSSR count). The molecule has 0 saturated heterocycles. The minimum Gasteiger partial charge on any atom is -0.337 e. The Kier molecular flexibility index (Phi) is 7.22. The Balaban J connectivity index is 1.90. The predicted octanol–water partition coefficient (Wildman–Crippen LogP) is 3.84. The quantitative estimate of drug-likeness (QED) is 0.538. The van der Waals surface area contributed by atoms with E-state index in [0.29, 0.717) is 10.9 Å². The third-order valence-corrected chi connectivity index (χ3v) is 6.86. The Morgan fingerprint density at radius 3 is 2.33 bits per heavy atom. The molecule has 2 amide bonds. The van der Waals surface area contributed by atoms with Gasteiger partial charge in [0.2, 0.25) is 11.8 Å². The van der Waals surface area contributed by atoms with Crippen molar-refractivity contribution in [3.05, 3.63) is 60.5 Å². The zero-order chi connectivity index (χ0) is 24.3. The second-order valence-electron chi connectivity index (χ2n) is 8.44. The van der Waals surface area contributed by atoms with Crippen molar-refractivity contribution >= 4 is 38.2 Å². The standard InChI is InChI=1S/C24H28FN3O4S/c1-16(2)28(17(3)4)24(30)14-27-13-22(20-10-5-6-11-21(20)27)33(31,32)15-23(29)26-19-9-7-8-18(25)12-19/h5-13,16-17H,14-15H2,1-4H3,(H,26,29). The van der Waals surface area contributed by atoms with Gasteiger partial charge in [-0.3, -0.25) is 9.59 Å². The van der Waals surface area contributed by atoms with Crippen LogP contribution in [0.2, 0.25) is 0 Å². The maximum atomic E-state index is 13.4. The molecule has 0 saturated carbocycles. The summed E-state index contributed by atoms with van der Waals surface area (Å²) in [5, 5.41) is 2.84. The van der Waals surface area contributed by atoms with E-state index < -0.39 is 27.3 Å². The molecule has 176 valence electrons. The van der Waals surface area contributed by atoms with E-state index in [1.807, 2.05) is 27.7 Å². The molecule has 1 N–H and O–H groups in total. The van der Waals surface area contributed by atoms with Crippen LogP contribution in [0.1, 0.15) is 27.7 Å². The number of halogens is 1. The van der Waals surface area contributed by atoms with E-state index in [1.165, 1.54) is 24.4 Å². The van der Waals surface area contributed by atoms with E-state index in [4.69, 9.17) is 0 Å². The molecule has 33 heavy (non-hydrogen) atoms. The van der Waals surface area contributed by atoms with Crippen molar-refractivity contribution in [3.63, 3.8) is 0 Å². The first-order valence-electron chi connectivity index (χ1n) is 10.7. The highest BCUT2D eigenvalue weighted by atomic mass is 32.2. The lowest BCUT2D eigenvalue weighted by Gasteiger charge is -2.31. The summed E-state index contributed by atoms with van der Waals surface area (Å²) in [6, 6.07) is 12.1. The van der Waals surface area contributed by atoms with Crippen LogP contribution in [0.3, 0.4) is 0 Å². The summed E-state index contributed by atoms with van der Waals surface area (Å²) in [7, 11) is -4.04. The molecule has 0 aliphatic rings. The molecule has 7 nitrogen and oxygen atoms in total. The number of carbonyl (C=O) groups is 2. The number of hydrogen-bond acceptors (Lipinski definition) is 4. The zero-order valence-electron chi connectivity index (χ0n) is 19.1. The number of nitrogens with one attached hydrogen (secondary N) is 1. The summed E-state index contributed by atoms with van der Waals surface area (Å²) < 4.78 is 41.2. The van der Waals surface area contributed by atoms with Crippen molar-refractivity contribution in [3.8, 4) is 0 Å². The van der Waals surface area contributed by atoms with E-state index in [9.17, 15) is 22.4 Å². The third-order valence-electron chi connectivity index (χ3n) is 5.22. The maximum Gasteiger partial charge on any atom is 0.242 e. The van der Waals surface area contributed by atoms with Crippen LogP contribution in [0.25, 0.3) is 10.9 Å². The molecule has 1 aromatic heterocycles. The summed E-state index contributed by atoms with van der Waals surface area (Å²) in [5.74, 6) is -2.26. The van der Waals surface area contributed by atoms with E-state index in [-0.39, 0.29) is 35.1 Å². The highest BCUT2D eigenvalue weighted by Gasteiger charge is 2.26. The van der Waals surface area contributed by atoms with Crippen molar-refractivity contribution in [1.29, 1.82) is 0 Å². The van der Waals surface area contributed by atoms with E-state index in [2.05, 4.69) is 5.32 Å². The highest BCUT2D eigenvalue weighted by Crippen LogP contribution is 2.27. The van der Waals surface area contributed by atoms with Crippen LogP contribution >= 0.6 is 0 Å². The second-order valence-corrected chi connectivity index (χ2v) is 10.4. The summed E-state index contributed by atoms with van der Waals surface area (Å²) in [4.78, 5) is 27.1. The number of benzene rings is 2. The summed E-state index contributed by atoms with van der Waals surface area (Å²) in [6.07, 6.45) is 1.41. The lowest BCUT2D eigenvalue weighted by molar-refractivity contribution is -0.135. The lowest BCUT2D eigenvalue weighted by Crippen LogP contribution is -2.43. The number of anilines is 1. The van der Waals surface area contributed by atoms with Crippen molar-refractivity contribution in [1.82, 2.24) is 9.47 Å². The third kappa shape index (κ3) is 5.60. The van der Waals surface area contributed by atoms with Gasteiger partial charge in [0.05, 0.1) is 4.90 Å². The average Bonchev–Trinajstić information content (AvgIpc) is 3.06. The Morgan fingerprint density at radius 1 is 1.03 bits per heavy atom. The molecular formula is C24H28FN3O4S. The van der Waals surface area contributed by atoms with Gasteiger partial charge in [-0.05, 0) is 52.0 Å². The van der Waals surface area contributed by atoms with Gasteiger partial charge in [0, 0.05) is 34.9 Å². The fourth-order valence-electron chi connectivity index (χ4n) is 4.00. The molecule has 0 aliphatic carbocycles. The molecule has 0 radical (unpaired) electrons. The monoisotopic (exact) mass is 473 g/mol. The number of nitrogens with zero attached hydrogens (tertiary/aromatic N) is 2. The first-order valence-corrected chi connectivity index (χ1v) is 12.3. The van der Waals surface area contributed by atoms with Crippen molar-refractivity contribution in [2.45, 2.75) is 51.2 Å². The normalized spacial score (nSPS) is 11.8. The van der Waals surface area contributed by atoms with Gasteiger partial charge in [0.15, 0.2) is 9.84 Å². The number of fused-ring (bicyclic) bond motifs is 1. The molecule has 0 bridgehead atoms. The number of aromatic nitrogens is 1. The number of hydrogen-bond donors (Lipinski definition) is 1. The van der Waals surface area contributed by atoms with Crippen LogP contribution in [-0.4, -0.2) is 47.5 Å². The average molecular weight is 474 g/mol. The molecule has 9 heteroatoms. The largest absolute Gasteiger partial charge is 0.337 e. The first kappa shape index (κ1) is 24.4. The van der Waals surface area contributed by atoms with E-state index in [1.54, 1.807) is 33.7 Å². The van der Waals surface area contributed by atoms with Gasteiger partial charge in [0.1, 0.15) is 18.1 Å². The molecule has 0 aliphatic heterocycles. The molecule has 0 spiro atoms. The molecule has 2 aromatic carbocycles. The molecular weight excluding hydrogens is 445 g/mol. The molecule has 0 atom stereocenters. The minimum atomic E-state index is -4.04. The van der Waals surface area contributed by atoms with Gasteiger partial charge in [-0.1, -0.05) is 24.3 Å². The van der Waals surface area contributed by atoms with Crippen molar-refractivity contribution < 1.29 is 22.4 Å². The van der Waals surface area contributed by atoms with Gasteiger partial charge >= 0.3 is 0 Å². The van der Waals surface area contributed by atoms with E-state index >= 15 is 0 Å². The first-order chi connectivity index (χ1) is 15.5. The number of carbonyl (C=O) groups excluding carboxylic acids is 2. The van der Waals surface area contributed by atoms with Gasteiger partial charge in [-0.2, -0.15) is 0 Å². The van der Waals surface area contributed by atoms with Gasteiger partial charge in [0.25, 0.3) is 0 Å². The summed E-state index contributed by atoms with van der Waals surface area (Å²) in [5.41, 5.74) is 0.758. The van der Waals surface area contributed by atoms with Crippen LogP contribution in [-0.2, 0) is 26.0 Å². The molecule has 0 unspecified atom stereocenters. The van der Waals surface area contributed by atoms with Crippen LogP contribution < -0.4 is 5.32 Å². The Bertz CT molecular complexity index is 1270. The van der Waals surface area contributed by atoms with Gasteiger partial charge in [-0.15, -0.1) is 0 Å². The highest BCUT2D eigenvalue weighted by molar-refractivity contribution is 7.92. The number of para-hydroxylation sites is 1. The summed E-state index contributed by atoms with van der Waals surface area (Å²) >= 11 is 0. The fourth-order valence-corrected chi connectivity index (χ4v) is 5.37. The fraction of sp³-hybridized carbons (Fsp3) is 0.333. The Hall–Kier alpha value is -3.20. The molecule has 3 aromatic rings. The van der Waals surface area contributed by atoms with Crippen LogP contribution in [0, 0.1) is 5.82 Å². The number of rotatable bonds is 8. The maximum absolute atomic E-state index is 13.4. The van der Waals surface area contributed by atoms with Gasteiger partial charge in [-0.25, -0.2) is 12.8 Å². The zero-order valence-corrected chi connectivity index (χ0v) is 19.9. The van der Waals surface area contributed by atoms with Gasteiger partial charge < -0.3 is 14.8 Å². The smallest absolute Gasteiger partial charge is 0.242 e. The van der Waals surface area contributed by atoms with Crippen LogP contribution in [0.15, 0.2) is 59.6 Å². The minimum absolute atomic E-state index is 0.00551. The van der Waals surface area contributed by atoms with Crippen molar-refractivity contribution in [2.24, 2.45) is 0 Å². The van der Waals surface area contributed by atoms with Crippen LogP contribution in [0.5, 0.6) is 0 Å². The van der Waals surface area contributed by atoms with Crippen LogP contribution in [0.4, 0.5) is 10.1 Å². The molecule has 0 fully saturated rings. The Labute approximate surface area is 193 Å².